The van der Waals surface area contributed by atoms with Gasteiger partial charge in [0.2, 0.25) is 0 Å². The summed E-state index contributed by atoms with van der Waals surface area (Å²) in [5, 5.41) is 0. The van der Waals surface area contributed by atoms with Gasteiger partial charge in [-0.2, -0.15) is 0 Å². The smallest absolute Gasteiger partial charge is 0.271 e. The monoisotopic (exact) mass is 423 g/mol. The summed E-state index contributed by atoms with van der Waals surface area (Å²) in [7, 11) is -3.52. The van der Waals surface area contributed by atoms with Crippen LogP contribution in [0.5, 0.6) is 0 Å². The highest BCUT2D eigenvalue weighted by molar-refractivity contribution is 9.11. The Kier molecular flexibility index (Phi) is 4.39. The van der Waals surface area contributed by atoms with Gasteiger partial charge >= 0.3 is 0 Å². The average molecular weight is 425 g/mol. The van der Waals surface area contributed by atoms with Crippen molar-refractivity contribution in [3.8, 4) is 0 Å². The second kappa shape index (κ2) is 5.55. The number of thiophene rings is 1. The molecule has 0 unspecified atom stereocenters. The fourth-order valence-corrected chi connectivity index (χ4v) is 4.93. The SMILES string of the molecule is Cc1cc(NS(=O)(=O)c2ccc(Br)s2)cc(C)c1Br. The zero-order valence-corrected chi connectivity index (χ0v) is 15.0. The van der Waals surface area contributed by atoms with E-state index in [4.69, 9.17) is 0 Å². The molecule has 0 bridgehead atoms. The minimum absolute atomic E-state index is 0.289. The zero-order valence-electron chi connectivity index (χ0n) is 10.2. The number of hydrogen-bond acceptors (Lipinski definition) is 3. The number of halogens is 2. The molecule has 0 fully saturated rings. The third-order valence-electron chi connectivity index (χ3n) is 2.50. The van der Waals surface area contributed by atoms with Gasteiger partial charge in [-0.3, -0.25) is 4.72 Å². The lowest BCUT2D eigenvalue weighted by Gasteiger charge is -2.10. The molecule has 3 nitrogen and oxygen atoms in total. The Morgan fingerprint density at radius 2 is 1.68 bits per heavy atom. The molecule has 0 amide bonds. The van der Waals surface area contributed by atoms with Crippen molar-refractivity contribution >= 4 is 58.9 Å². The number of hydrogen-bond donors (Lipinski definition) is 1. The van der Waals surface area contributed by atoms with Crippen LogP contribution in [-0.2, 0) is 10.0 Å². The zero-order chi connectivity index (χ0) is 14.2. The number of nitrogens with one attached hydrogen (secondary N) is 1. The summed E-state index contributed by atoms with van der Waals surface area (Å²) in [4.78, 5) is 0. The van der Waals surface area contributed by atoms with Gasteiger partial charge in [-0.25, -0.2) is 8.42 Å². The summed E-state index contributed by atoms with van der Waals surface area (Å²) < 4.78 is 29.0. The summed E-state index contributed by atoms with van der Waals surface area (Å²) in [5.41, 5.74) is 2.55. The van der Waals surface area contributed by atoms with Gasteiger partial charge in [0.25, 0.3) is 10.0 Å². The summed E-state index contributed by atoms with van der Waals surface area (Å²) in [6.07, 6.45) is 0. The van der Waals surface area contributed by atoms with Gasteiger partial charge in [0.05, 0.1) is 3.79 Å². The number of rotatable bonds is 3. The first-order valence-corrected chi connectivity index (χ1v) is 9.23. The van der Waals surface area contributed by atoms with Crippen molar-refractivity contribution < 1.29 is 8.42 Å². The topological polar surface area (TPSA) is 46.2 Å². The molecule has 0 atom stereocenters. The van der Waals surface area contributed by atoms with Gasteiger partial charge in [-0.1, -0.05) is 15.9 Å². The molecule has 0 aliphatic heterocycles. The summed E-state index contributed by atoms with van der Waals surface area (Å²) in [6, 6.07) is 6.90. The Morgan fingerprint density at radius 3 is 2.16 bits per heavy atom. The normalized spacial score (nSPS) is 11.6. The molecule has 0 saturated heterocycles. The molecule has 1 aromatic heterocycles. The molecule has 1 heterocycles. The maximum atomic E-state index is 12.2. The van der Waals surface area contributed by atoms with Crippen LogP contribution in [0, 0.1) is 13.8 Å². The molecule has 1 N–H and O–H groups in total. The summed E-state index contributed by atoms with van der Waals surface area (Å²) in [6.45, 7) is 3.85. The summed E-state index contributed by atoms with van der Waals surface area (Å²) in [5.74, 6) is 0. The Hall–Kier alpha value is -0.370. The first kappa shape index (κ1) is 15.0. The molecule has 0 saturated carbocycles. The molecule has 0 radical (unpaired) electrons. The van der Waals surface area contributed by atoms with Crippen LogP contribution in [0.15, 0.2) is 36.7 Å². The molecular formula is C12H11Br2NO2S2. The molecule has 7 heteroatoms. The van der Waals surface area contributed by atoms with E-state index in [1.165, 1.54) is 11.3 Å². The van der Waals surface area contributed by atoms with Crippen molar-refractivity contribution in [3.63, 3.8) is 0 Å². The lowest BCUT2D eigenvalue weighted by Crippen LogP contribution is -2.11. The highest BCUT2D eigenvalue weighted by atomic mass is 79.9. The third-order valence-corrected chi connectivity index (χ3v) is 7.25. The molecule has 102 valence electrons. The van der Waals surface area contributed by atoms with E-state index in [9.17, 15) is 8.42 Å². The third kappa shape index (κ3) is 3.39. The van der Waals surface area contributed by atoms with E-state index >= 15 is 0 Å². The van der Waals surface area contributed by atoms with Gasteiger partial charge < -0.3 is 0 Å². The quantitative estimate of drug-likeness (QED) is 0.776. The van der Waals surface area contributed by atoms with Crippen LogP contribution < -0.4 is 4.72 Å². The molecular weight excluding hydrogens is 414 g/mol. The molecule has 0 spiro atoms. The van der Waals surface area contributed by atoms with Gasteiger partial charge in [-0.05, 0) is 65.2 Å². The predicted octanol–water partition coefficient (Wildman–Crippen LogP) is 4.69. The van der Waals surface area contributed by atoms with Gasteiger partial charge in [-0.15, -0.1) is 11.3 Å². The van der Waals surface area contributed by atoms with Crippen molar-refractivity contribution in [3.05, 3.63) is 43.7 Å². The van der Waals surface area contributed by atoms with Crippen LogP contribution in [0.2, 0.25) is 0 Å². The van der Waals surface area contributed by atoms with Gasteiger partial charge in [0.15, 0.2) is 0 Å². The summed E-state index contributed by atoms with van der Waals surface area (Å²) >= 11 is 7.91. The Balaban J connectivity index is 2.36. The van der Waals surface area contributed by atoms with E-state index in [-0.39, 0.29) is 4.21 Å². The second-order valence-electron chi connectivity index (χ2n) is 4.09. The van der Waals surface area contributed by atoms with Crippen LogP contribution >= 0.6 is 43.2 Å². The lowest BCUT2D eigenvalue weighted by molar-refractivity contribution is 0.603. The first-order valence-electron chi connectivity index (χ1n) is 5.34. The van der Waals surface area contributed by atoms with Gasteiger partial charge in [0, 0.05) is 10.2 Å². The molecule has 2 rings (SSSR count). The largest absolute Gasteiger partial charge is 0.279 e. The van der Waals surface area contributed by atoms with Crippen LogP contribution in [0.3, 0.4) is 0 Å². The average Bonchev–Trinajstić information content (AvgIpc) is 2.73. The fourth-order valence-electron chi connectivity index (χ4n) is 1.65. The maximum Gasteiger partial charge on any atom is 0.271 e. The number of sulfonamides is 1. The number of aryl methyl sites for hydroxylation is 2. The Bertz CT molecular complexity index is 700. The number of anilines is 1. The lowest BCUT2D eigenvalue weighted by atomic mass is 10.1. The van der Waals surface area contributed by atoms with E-state index in [1.807, 2.05) is 13.8 Å². The van der Waals surface area contributed by atoms with E-state index in [1.54, 1.807) is 24.3 Å². The second-order valence-corrected chi connectivity index (χ2v) is 9.25. The molecule has 19 heavy (non-hydrogen) atoms. The van der Waals surface area contributed by atoms with Gasteiger partial charge in [0.1, 0.15) is 4.21 Å². The van der Waals surface area contributed by atoms with Crippen molar-refractivity contribution in [2.75, 3.05) is 4.72 Å². The highest BCUT2D eigenvalue weighted by Crippen LogP contribution is 2.29. The maximum absolute atomic E-state index is 12.2. The van der Waals surface area contributed by atoms with Crippen molar-refractivity contribution in [1.29, 1.82) is 0 Å². The minimum atomic E-state index is -3.52. The van der Waals surface area contributed by atoms with E-state index < -0.39 is 10.0 Å². The first-order chi connectivity index (χ1) is 8.79. The standard InChI is InChI=1S/C12H11Br2NO2S2/c1-7-5-9(6-8(2)12(7)14)15-19(16,17)11-4-3-10(13)18-11/h3-6,15H,1-2H3. The Labute approximate surface area is 133 Å². The van der Waals surface area contributed by atoms with E-state index in [0.717, 1.165) is 19.4 Å². The molecule has 1 aromatic carbocycles. The minimum Gasteiger partial charge on any atom is -0.279 e. The van der Waals surface area contributed by atoms with Crippen molar-refractivity contribution in [2.45, 2.75) is 18.1 Å². The number of benzene rings is 1. The van der Waals surface area contributed by atoms with Crippen LogP contribution in [0.4, 0.5) is 5.69 Å². The van der Waals surface area contributed by atoms with E-state index in [0.29, 0.717) is 5.69 Å². The van der Waals surface area contributed by atoms with Crippen molar-refractivity contribution in [1.82, 2.24) is 0 Å². The fraction of sp³-hybridized carbons (Fsp3) is 0.167. The van der Waals surface area contributed by atoms with Crippen LogP contribution in [0.1, 0.15) is 11.1 Å². The van der Waals surface area contributed by atoms with Crippen LogP contribution in [0.25, 0.3) is 0 Å². The highest BCUT2D eigenvalue weighted by Gasteiger charge is 2.17. The molecule has 0 aliphatic rings. The Morgan fingerprint density at radius 1 is 1.11 bits per heavy atom. The predicted molar refractivity (Wildman–Crippen MR) is 86.4 cm³/mol. The van der Waals surface area contributed by atoms with E-state index in [2.05, 4.69) is 36.6 Å². The van der Waals surface area contributed by atoms with Crippen LogP contribution in [-0.4, -0.2) is 8.42 Å². The molecule has 2 aromatic rings. The molecule has 0 aliphatic carbocycles. The van der Waals surface area contributed by atoms with Crippen molar-refractivity contribution in [2.24, 2.45) is 0 Å².